The Labute approximate surface area is 318 Å². The molecule has 15 heteroatoms. The van der Waals surface area contributed by atoms with E-state index in [1.807, 2.05) is 0 Å². The van der Waals surface area contributed by atoms with E-state index in [1.165, 1.54) is 43.3 Å². The highest BCUT2D eigenvalue weighted by Crippen LogP contribution is 2.50. The van der Waals surface area contributed by atoms with Crippen molar-refractivity contribution in [3.8, 4) is 0 Å². The quantitative estimate of drug-likeness (QED) is 0.0527. The number of hydrogen-bond donors (Lipinski definition) is 0. The summed E-state index contributed by atoms with van der Waals surface area (Å²) >= 11 is 6.03. The number of carbonyl (C=O) groups excluding carboxylic acids is 5. The van der Waals surface area contributed by atoms with Crippen molar-refractivity contribution in [2.45, 2.75) is 59.2 Å². The fourth-order valence-electron chi connectivity index (χ4n) is 4.65. The second-order valence-electron chi connectivity index (χ2n) is 12.6. The Morgan fingerprint density at radius 1 is 0.685 bits per heavy atom. The molecule has 54 heavy (non-hydrogen) atoms. The highest BCUT2D eigenvalue weighted by Gasteiger charge is 2.43. The minimum atomic E-state index is -4.24. The maximum Gasteiger partial charge on any atom is 0.440 e. The molecule has 0 fully saturated rings. The molecule has 3 amide bonds. The molecule has 1 unspecified atom stereocenters. The normalized spacial score (nSPS) is 11.9. The lowest BCUT2D eigenvalue weighted by Gasteiger charge is -2.41. The standard InChI is InChI=1S/C39H40ClN2O11P/c1-5-33(43)52-37(36(46)49-27-54(48,50-25-28-15-9-6-10-16-28)51-26-29-17-11-7-12-18-29)53-38(47)41(34(44)31-21-23-32(40)24-22-31)42(39(2,3)4)35(45)30-19-13-8-14-20-30/h6-24,37H,5,25-27H2,1-4H3. The third kappa shape index (κ3) is 11.8. The highest BCUT2D eigenvalue weighted by molar-refractivity contribution is 7.53. The van der Waals surface area contributed by atoms with Crippen LogP contribution in [0.3, 0.4) is 0 Å². The van der Waals surface area contributed by atoms with E-state index in [0.717, 1.165) is 5.01 Å². The minimum absolute atomic E-state index is 0.0804. The fraction of sp³-hybridized carbons (Fsp3) is 0.256. The summed E-state index contributed by atoms with van der Waals surface area (Å²) in [6, 6.07) is 30.8. The van der Waals surface area contributed by atoms with Gasteiger partial charge in [0.05, 0.1) is 18.8 Å². The average molecular weight is 779 g/mol. The number of nitrogens with zero attached hydrogens (tertiary/aromatic N) is 2. The van der Waals surface area contributed by atoms with Crippen LogP contribution in [0.4, 0.5) is 4.79 Å². The van der Waals surface area contributed by atoms with E-state index in [0.29, 0.717) is 21.2 Å². The van der Waals surface area contributed by atoms with Gasteiger partial charge in [-0.2, -0.15) is 0 Å². The Balaban J connectivity index is 1.64. The molecule has 0 spiro atoms. The van der Waals surface area contributed by atoms with Gasteiger partial charge in [-0.25, -0.2) is 14.6 Å². The van der Waals surface area contributed by atoms with E-state index in [-0.39, 0.29) is 30.8 Å². The molecule has 0 aliphatic rings. The van der Waals surface area contributed by atoms with Crippen molar-refractivity contribution >= 4 is 49.0 Å². The summed E-state index contributed by atoms with van der Waals surface area (Å²) in [5.74, 6) is -4.29. The molecule has 0 aromatic heterocycles. The molecule has 1 atom stereocenters. The predicted molar refractivity (Wildman–Crippen MR) is 198 cm³/mol. The fourth-order valence-corrected chi connectivity index (χ4v) is 5.98. The van der Waals surface area contributed by atoms with Crippen LogP contribution in [0.2, 0.25) is 5.02 Å². The van der Waals surface area contributed by atoms with Crippen molar-refractivity contribution in [2.75, 3.05) is 6.35 Å². The summed E-state index contributed by atoms with van der Waals surface area (Å²) in [4.78, 5) is 68.2. The SMILES string of the molecule is CCC(=O)OC(OC(=O)N(C(=O)c1ccc(Cl)cc1)N(C(=O)c1ccccc1)C(C)(C)C)C(=O)OCP(=O)(OCc1ccccc1)OCc1ccccc1. The van der Waals surface area contributed by atoms with Crippen LogP contribution in [0.5, 0.6) is 0 Å². The third-order valence-electron chi connectivity index (χ3n) is 7.34. The number of imide groups is 1. The van der Waals surface area contributed by atoms with Gasteiger partial charge in [-0.15, -0.1) is 5.01 Å². The lowest BCUT2D eigenvalue weighted by molar-refractivity contribution is -0.192. The highest BCUT2D eigenvalue weighted by atomic mass is 35.5. The zero-order valence-corrected chi connectivity index (χ0v) is 31.7. The first-order chi connectivity index (χ1) is 25.7. The summed E-state index contributed by atoms with van der Waals surface area (Å²) in [6.07, 6.45) is -5.23. The molecule has 0 N–H and O–H groups in total. The zero-order chi connectivity index (χ0) is 39.3. The first-order valence-corrected chi connectivity index (χ1v) is 18.8. The van der Waals surface area contributed by atoms with Gasteiger partial charge in [0.15, 0.2) is 6.35 Å². The third-order valence-corrected chi connectivity index (χ3v) is 9.08. The molecule has 4 aromatic rings. The number of esters is 2. The van der Waals surface area contributed by atoms with Gasteiger partial charge in [-0.1, -0.05) is 97.4 Å². The van der Waals surface area contributed by atoms with Crippen LogP contribution >= 0.6 is 19.2 Å². The summed E-state index contributed by atoms with van der Waals surface area (Å²) in [5, 5.41) is 1.55. The zero-order valence-electron chi connectivity index (χ0n) is 30.1. The number of carbonyl (C=O) groups is 5. The van der Waals surface area contributed by atoms with Crippen LogP contribution in [0.25, 0.3) is 0 Å². The van der Waals surface area contributed by atoms with Crippen molar-refractivity contribution in [3.63, 3.8) is 0 Å². The van der Waals surface area contributed by atoms with E-state index in [4.69, 9.17) is 34.9 Å². The van der Waals surface area contributed by atoms with Crippen molar-refractivity contribution in [3.05, 3.63) is 143 Å². The Kier molecular flexibility index (Phi) is 14.7. The number of hydrogen-bond acceptors (Lipinski definition) is 11. The number of halogens is 1. The van der Waals surface area contributed by atoms with Gasteiger partial charge in [0.2, 0.25) is 0 Å². The molecule has 4 rings (SSSR count). The van der Waals surface area contributed by atoms with Crippen LogP contribution in [0, 0.1) is 0 Å². The smallest absolute Gasteiger partial charge is 0.440 e. The molecule has 0 saturated carbocycles. The second-order valence-corrected chi connectivity index (χ2v) is 15.0. The maximum absolute atomic E-state index is 14.1. The van der Waals surface area contributed by atoms with Gasteiger partial charge in [0, 0.05) is 22.6 Å². The van der Waals surface area contributed by atoms with Gasteiger partial charge in [0.1, 0.15) is 0 Å². The average Bonchev–Trinajstić information content (AvgIpc) is 3.17. The number of benzene rings is 4. The summed E-state index contributed by atoms with van der Waals surface area (Å²) < 4.78 is 41.0. The molecule has 0 radical (unpaired) electrons. The molecule has 13 nitrogen and oxygen atoms in total. The van der Waals surface area contributed by atoms with Crippen LogP contribution < -0.4 is 0 Å². The number of hydrazine groups is 1. The van der Waals surface area contributed by atoms with Crippen LogP contribution in [-0.4, -0.2) is 58.0 Å². The van der Waals surface area contributed by atoms with Crippen LogP contribution in [0.15, 0.2) is 115 Å². The molecular formula is C39H40ClN2O11P. The van der Waals surface area contributed by atoms with Crippen molar-refractivity contribution in [1.29, 1.82) is 0 Å². The van der Waals surface area contributed by atoms with Crippen LogP contribution in [-0.2, 0) is 50.6 Å². The Morgan fingerprint density at radius 2 is 1.17 bits per heavy atom. The number of amides is 3. The van der Waals surface area contributed by atoms with Gasteiger partial charge in [-0.05, 0) is 68.3 Å². The topological polar surface area (TPSA) is 155 Å². The Bertz CT molecular complexity index is 1890. The number of rotatable bonds is 14. The molecule has 0 saturated heterocycles. The van der Waals surface area contributed by atoms with Gasteiger partial charge >= 0.3 is 31.9 Å². The molecule has 284 valence electrons. The molecule has 0 heterocycles. The van der Waals surface area contributed by atoms with Gasteiger partial charge in [-0.3, -0.25) is 18.9 Å². The largest absolute Gasteiger partial charge is 0.447 e. The summed E-state index contributed by atoms with van der Waals surface area (Å²) in [5.41, 5.74) is 0.0699. The van der Waals surface area contributed by atoms with Crippen molar-refractivity contribution < 1.29 is 51.8 Å². The maximum atomic E-state index is 14.1. The lowest BCUT2D eigenvalue weighted by Crippen LogP contribution is -2.61. The minimum Gasteiger partial charge on any atom is -0.447 e. The van der Waals surface area contributed by atoms with Crippen molar-refractivity contribution in [2.24, 2.45) is 0 Å². The van der Waals surface area contributed by atoms with Crippen LogP contribution in [0.1, 0.15) is 66.0 Å². The van der Waals surface area contributed by atoms with E-state index in [1.54, 1.807) is 99.6 Å². The monoisotopic (exact) mass is 778 g/mol. The first kappa shape index (κ1) is 41.4. The van der Waals surface area contributed by atoms with E-state index in [2.05, 4.69) is 0 Å². The predicted octanol–water partition coefficient (Wildman–Crippen LogP) is 8.18. The van der Waals surface area contributed by atoms with E-state index >= 15 is 0 Å². The lowest BCUT2D eigenvalue weighted by atomic mass is 10.1. The van der Waals surface area contributed by atoms with E-state index < -0.39 is 55.6 Å². The molecular weight excluding hydrogens is 739 g/mol. The second kappa shape index (κ2) is 19.1. The Hall–Kier alpha value is -5.33. The van der Waals surface area contributed by atoms with Gasteiger partial charge < -0.3 is 23.3 Å². The molecule has 4 aromatic carbocycles. The molecule has 0 aliphatic carbocycles. The Morgan fingerprint density at radius 3 is 1.65 bits per heavy atom. The first-order valence-electron chi connectivity index (χ1n) is 16.7. The molecule has 0 aliphatic heterocycles. The van der Waals surface area contributed by atoms with Gasteiger partial charge in [0.25, 0.3) is 11.8 Å². The number of ether oxygens (including phenoxy) is 3. The van der Waals surface area contributed by atoms with Crippen molar-refractivity contribution in [1.82, 2.24) is 10.0 Å². The van der Waals surface area contributed by atoms with E-state index in [9.17, 15) is 28.5 Å². The summed E-state index contributed by atoms with van der Waals surface area (Å²) in [6.45, 7) is 5.77. The molecule has 0 bridgehead atoms. The summed E-state index contributed by atoms with van der Waals surface area (Å²) in [7, 11) is -4.24.